The van der Waals surface area contributed by atoms with Gasteiger partial charge in [0, 0.05) is 94.1 Å². The molecule has 0 atom stereocenters. The molecule has 105 heavy (non-hydrogen) atoms. The summed E-state index contributed by atoms with van der Waals surface area (Å²) in [6.07, 6.45) is -6.23. The highest BCUT2D eigenvalue weighted by Crippen LogP contribution is 2.44. The first-order valence-corrected chi connectivity index (χ1v) is 33.2. The molecule has 0 spiro atoms. The number of halogens is 18. The van der Waals surface area contributed by atoms with Crippen molar-refractivity contribution in [3.63, 3.8) is 0 Å². The lowest BCUT2D eigenvalue weighted by molar-refractivity contribution is -0.142. The van der Waals surface area contributed by atoms with Gasteiger partial charge in [-0.15, -0.1) is 0 Å². The number of nitrogens with one attached hydrogen (secondary N) is 3. The van der Waals surface area contributed by atoms with Crippen LogP contribution in [0.5, 0.6) is 0 Å². The molecule has 4 aliphatic rings. The van der Waals surface area contributed by atoms with Gasteiger partial charge in [-0.3, -0.25) is 28.4 Å². The van der Waals surface area contributed by atoms with E-state index >= 15 is 0 Å². The second kappa shape index (κ2) is 31.8. The maximum absolute atomic E-state index is 13.9. The van der Waals surface area contributed by atoms with Gasteiger partial charge in [0.2, 0.25) is 0 Å². The third-order valence-corrected chi connectivity index (χ3v) is 18.7. The molecule has 3 aromatic heterocycles. The van der Waals surface area contributed by atoms with Crippen molar-refractivity contribution in [1.29, 1.82) is 0 Å². The molecule has 3 saturated heterocycles. The van der Waals surface area contributed by atoms with Gasteiger partial charge in [-0.2, -0.15) is 59.2 Å². The first kappa shape index (κ1) is 84.8. The van der Waals surface area contributed by atoms with Crippen LogP contribution in [-0.4, -0.2) is 102 Å². The molecular weight excluding hydrogens is 1590 g/mol. The Morgan fingerprint density at radius 2 is 0.838 bits per heavy atom. The normalized spacial score (nSPS) is 17.4. The number of nitrogens with zero attached hydrogens (tertiary/aromatic N) is 6. The van der Waals surface area contributed by atoms with Crippen molar-refractivity contribution in [3.05, 3.63) is 191 Å². The van der Waals surface area contributed by atoms with Crippen LogP contribution in [0.3, 0.4) is 0 Å². The second-order valence-corrected chi connectivity index (χ2v) is 29.1. The Bertz CT molecular complexity index is 4440. The molecule has 3 amide bonds. The summed E-state index contributed by atoms with van der Waals surface area (Å²) in [6.45, 7) is 23.4. The first-order chi connectivity index (χ1) is 48.0. The van der Waals surface area contributed by atoms with Gasteiger partial charge in [0.15, 0.2) is 22.1 Å². The van der Waals surface area contributed by atoms with E-state index in [1.165, 1.54) is 63.6 Å². The van der Waals surface area contributed by atoms with Crippen molar-refractivity contribution < 1.29 is 104 Å². The number of allylic oxidation sites excluding steroid dienone is 6. The minimum Gasteiger partial charge on any atom is -0.405 e. The fourth-order valence-corrected chi connectivity index (χ4v) is 10.8. The number of anilines is 3. The average molecular weight is 1660 g/mol. The summed E-state index contributed by atoms with van der Waals surface area (Å²) >= 11 is 17.2. The molecule has 1 aliphatic carbocycles. The van der Waals surface area contributed by atoms with Gasteiger partial charge < -0.3 is 43.9 Å². The molecule has 11 rings (SSSR count). The Kier molecular flexibility index (Phi) is 25.7. The van der Waals surface area contributed by atoms with E-state index in [1.807, 2.05) is 55.4 Å². The summed E-state index contributed by atoms with van der Waals surface area (Å²) in [7, 11) is 1.84. The summed E-state index contributed by atoms with van der Waals surface area (Å²) in [5, 5.41) is 16.7. The molecule has 6 heterocycles. The molecule has 0 unspecified atom stereocenters. The van der Waals surface area contributed by atoms with E-state index in [2.05, 4.69) is 69.2 Å². The topological polar surface area (TPSA) is 196 Å². The highest BCUT2D eigenvalue weighted by atomic mass is 79.9. The second-order valence-electron chi connectivity index (χ2n) is 26.5. The lowest BCUT2D eigenvalue weighted by Gasteiger charge is -2.32. The van der Waals surface area contributed by atoms with E-state index in [4.69, 9.17) is 51.1 Å². The maximum atomic E-state index is 13.9. The fraction of sp³-hybridized carbons (Fsp3) is 0.364. The van der Waals surface area contributed by atoms with E-state index in [-0.39, 0.29) is 70.6 Å². The van der Waals surface area contributed by atoms with Gasteiger partial charge in [-0.25, -0.2) is 17.6 Å². The maximum Gasteiger partial charge on any atom is 0.497 e. The third-order valence-electron chi connectivity index (χ3n) is 17.0. The molecule has 39 heteroatoms. The Labute approximate surface area is 621 Å². The highest BCUT2D eigenvalue weighted by Gasteiger charge is 2.64. The van der Waals surface area contributed by atoms with Crippen LogP contribution in [0.2, 0.25) is 5.02 Å². The van der Waals surface area contributed by atoms with E-state index in [9.17, 15) is 75.8 Å². The predicted octanol–water partition coefficient (Wildman–Crippen LogP) is 17.3. The highest BCUT2D eigenvalue weighted by molar-refractivity contribution is 9.12. The van der Waals surface area contributed by atoms with Crippen molar-refractivity contribution in [2.75, 3.05) is 16.0 Å². The molecule has 0 saturated carbocycles. The minimum absolute atomic E-state index is 0.0195. The van der Waals surface area contributed by atoms with Crippen LogP contribution in [0, 0.1) is 29.3 Å². The Hall–Kier alpha value is -7.44. The summed E-state index contributed by atoms with van der Waals surface area (Å²) in [5.41, 5.74) is -7.98. The van der Waals surface area contributed by atoms with Crippen LogP contribution in [0.4, 0.5) is 78.5 Å². The van der Waals surface area contributed by atoms with Gasteiger partial charge in [0.05, 0.1) is 73.2 Å². The number of aryl methyl sites for hydroxylation is 3. The smallest absolute Gasteiger partial charge is 0.405 e. The number of benzene rings is 4. The fourth-order valence-electron chi connectivity index (χ4n) is 9.52. The Balaban J connectivity index is 0.000000190. The van der Waals surface area contributed by atoms with E-state index in [0.29, 0.717) is 0 Å². The standard InChI is InChI=1S/C18H20BF4N3O3.C18H11ClF5N3O.C12H24B2O4.C12H8BrF4N3O.C6H2BrClF/c1-16(2)17(3,4)29-19(28-16)12-8-10(20)6-7-13(12)24-15(27)11-9-26(5)25-14(11)18(21,22)23;1-27-8-12(16(26-27)18(22,23)24)17(28)25-15-5-3-10(20)7-11(15)9-2-4-14(21)13(19)6-9;1-9(2)10(3,4)16-13(15-9)14-17-11(5,6)12(7,8)18-14;1-20-5-7(10(19-20)12(15,16)17)11(21)18-9-3-2-6(14)4-8(9)13;7-4-1-2-6(9)5(8)3-4/h6-9H,1-5H3,(H,24,27);2-8H,1H3,(H,25,28);1-8H3;2-5H,1H3,(H,18,21);1,3H/q;;;;+1. The van der Waals surface area contributed by atoms with Crippen LogP contribution in [0.25, 0.3) is 11.1 Å². The van der Waals surface area contributed by atoms with Gasteiger partial charge in [0.25, 0.3) is 17.7 Å². The third kappa shape index (κ3) is 20.6. The van der Waals surface area contributed by atoms with Crippen LogP contribution in [0.1, 0.15) is 131 Å². The number of carbonyl (C=O) groups excluding carboxylic acids is 3. The number of aromatic nitrogens is 6. The number of amides is 3. The van der Waals surface area contributed by atoms with Gasteiger partial charge >= 0.3 is 45.5 Å². The molecule has 3 aliphatic heterocycles. The average Bonchev–Trinajstić information content (AvgIpc) is 1.59. The van der Waals surface area contributed by atoms with Gasteiger partial charge in [-0.1, -0.05) is 17.7 Å². The zero-order valence-electron chi connectivity index (χ0n) is 58.2. The molecule has 7 aromatic rings. The van der Waals surface area contributed by atoms with E-state index in [1.54, 1.807) is 27.7 Å². The van der Waals surface area contributed by atoms with Crippen LogP contribution in [-0.2, 0) is 67.6 Å². The minimum atomic E-state index is -4.83. The summed E-state index contributed by atoms with van der Waals surface area (Å²) in [5.74, 6) is -6.12. The Morgan fingerprint density at radius 3 is 1.21 bits per heavy atom. The zero-order chi connectivity index (χ0) is 79.0. The summed E-state index contributed by atoms with van der Waals surface area (Å²) in [6, 6.07) is 13.7. The number of rotatable bonds is 9. The van der Waals surface area contributed by atoms with E-state index in [0.717, 1.165) is 79.6 Å². The number of carbonyl (C=O) groups is 3. The SMILES string of the molecule is CC1(C)OB(B2OC(C)(C)C(C)(C)O2)OC1(C)C.Cn1cc(C(=O)Nc2ccc(F)cc2-c2ccc(F)c(Cl)c2)c(C(F)(F)F)n1.Cn1cc(C(=O)Nc2ccc(F)cc2B2OC(C)(C)C(C)(C)O2)c(C(F)(F)F)n1.Cn1cc(C(=O)Nc2ccc(F)cc2Br)c(C(F)(F)F)n1.FC1=C(Cl)C=C(Br)C=[C+]1. The predicted molar refractivity (Wildman–Crippen MR) is 372 cm³/mol. The molecule has 0 radical (unpaired) electrons. The number of alkyl halides is 9. The van der Waals surface area contributed by atoms with Crippen molar-refractivity contribution in [3.8, 4) is 11.1 Å². The summed E-state index contributed by atoms with van der Waals surface area (Å²) < 4.78 is 223. The van der Waals surface area contributed by atoms with Crippen LogP contribution < -0.4 is 21.4 Å². The molecule has 4 aromatic carbocycles. The number of hydrogen-bond donors (Lipinski definition) is 3. The largest absolute Gasteiger partial charge is 0.497 e. The van der Waals surface area contributed by atoms with Gasteiger partial charge in [0.1, 0.15) is 33.8 Å². The van der Waals surface area contributed by atoms with Crippen molar-refractivity contribution in [2.45, 2.75) is 135 Å². The van der Waals surface area contributed by atoms with Gasteiger partial charge in [-0.05, 0) is 171 Å². The molecular formula is C66H65B3Br2Cl2F14N9O9+. The van der Waals surface area contributed by atoms with Crippen molar-refractivity contribution in [1.82, 2.24) is 29.3 Å². The van der Waals surface area contributed by atoms with Crippen molar-refractivity contribution in [2.24, 2.45) is 21.1 Å². The lowest BCUT2D eigenvalue weighted by atomic mass is 9.49. The molecule has 18 nitrogen and oxygen atoms in total. The van der Waals surface area contributed by atoms with Crippen LogP contribution >= 0.6 is 55.1 Å². The molecule has 3 N–H and O–H groups in total. The van der Waals surface area contributed by atoms with Crippen molar-refractivity contribution >= 4 is 116 Å². The quantitative estimate of drug-likeness (QED) is 0.0704. The molecule has 562 valence electrons. The zero-order valence-corrected chi connectivity index (χ0v) is 62.9. The summed E-state index contributed by atoms with van der Waals surface area (Å²) in [4.78, 5) is 37.0. The lowest BCUT2D eigenvalue weighted by Crippen LogP contribution is -2.41. The molecule has 0 bridgehead atoms. The number of hydrogen-bond acceptors (Lipinski definition) is 12. The Morgan fingerprint density at radius 1 is 0.486 bits per heavy atom. The van der Waals surface area contributed by atoms with E-state index < -0.39 is 131 Å². The van der Waals surface area contributed by atoms with Crippen LogP contribution in [0.15, 0.2) is 123 Å². The molecule has 3 fully saturated rings. The monoisotopic (exact) mass is 1650 g/mol. The first-order valence-electron chi connectivity index (χ1n) is 30.9.